The van der Waals surface area contributed by atoms with Crippen LogP contribution in [0.2, 0.25) is 0 Å². The minimum Gasteiger partial charge on any atom is -0.373 e. The van der Waals surface area contributed by atoms with Gasteiger partial charge in [-0.15, -0.1) is 11.3 Å². The fourth-order valence-electron chi connectivity index (χ4n) is 2.54. The van der Waals surface area contributed by atoms with Gasteiger partial charge in [0.15, 0.2) is 0 Å². The Hall–Kier alpha value is -2.27. The summed E-state index contributed by atoms with van der Waals surface area (Å²) in [6, 6.07) is 10.4. The van der Waals surface area contributed by atoms with Gasteiger partial charge in [0.1, 0.15) is 5.82 Å². The predicted octanol–water partition coefficient (Wildman–Crippen LogP) is 5.97. The van der Waals surface area contributed by atoms with Gasteiger partial charge >= 0.3 is 0 Å². The number of nitrogens with zero attached hydrogens (tertiary/aromatic N) is 2. The van der Waals surface area contributed by atoms with Crippen LogP contribution in [0.3, 0.4) is 0 Å². The molecule has 0 saturated heterocycles. The van der Waals surface area contributed by atoms with Gasteiger partial charge in [-0.2, -0.15) is 0 Å². The lowest BCUT2D eigenvalue weighted by molar-refractivity contribution is 0.824. The second-order valence-electron chi connectivity index (χ2n) is 6.84. The number of rotatable bonds is 4. The number of hydrogen-bond acceptors (Lipinski definition) is 5. The van der Waals surface area contributed by atoms with E-state index in [4.69, 9.17) is 5.41 Å². The summed E-state index contributed by atoms with van der Waals surface area (Å²) in [5.41, 5.74) is 4.41. The maximum atomic E-state index is 7.16. The van der Waals surface area contributed by atoms with Crippen molar-refractivity contribution in [2.45, 2.75) is 46.5 Å². The Morgan fingerprint density at radius 3 is 2.35 bits per heavy atom. The summed E-state index contributed by atoms with van der Waals surface area (Å²) in [7, 11) is 1.82. The van der Waals surface area contributed by atoms with Crippen LogP contribution in [0.15, 0.2) is 30.3 Å². The van der Waals surface area contributed by atoms with Crippen LogP contribution in [-0.2, 0) is 0 Å². The highest BCUT2D eigenvalue weighted by Gasteiger charge is 2.05. The van der Waals surface area contributed by atoms with Gasteiger partial charge in [0, 0.05) is 24.5 Å². The van der Waals surface area contributed by atoms with Crippen molar-refractivity contribution in [3.63, 3.8) is 0 Å². The number of hydrogen-bond donors (Lipinski definition) is 2. The topological polar surface area (TPSA) is 61.7 Å². The first-order chi connectivity index (χ1) is 12.3. The lowest BCUT2D eigenvalue weighted by Gasteiger charge is -2.08. The van der Waals surface area contributed by atoms with Crippen molar-refractivity contribution >= 4 is 33.6 Å². The van der Waals surface area contributed by atoms with Gasteiger partial charge in [-0.25, -0.2) is 9.97 Å². The Kier molecular flexibility index (Phi) is 6.86. The van der Waals surface area contributed by atoms with Gasteiger partial charge in [-0.05, 0) is 48.6 Å². The molecule has 0 saturated carbocycles. The number of thiazole rings is 1. The zero-order valence-electron chi connectivity index (χ0n) is 16.4. The van der Waals surface area contributed by atoms with Crippen LogP contribution in [0.5, 0.6) is 0 Å². The molecule has 0 unspecified atom stereocenters. The summed E-state index contributed by atoms with van der Waals surface area (Å²) in [4.78, 5) is 8.83. The minimum atomic E-state index is 0.423. The number of fused-ring (bicyclic) bond motifs is 1. The average Bonchev–Trinajstić information content (AvgIpc) is 3.00. The Balaban J connectivity index is 0.000000187. The molecule has 2 aromatic heterocycles. The van der Waals surface area contributed by atoms with Crippen molar-refractivity contribution in [3.05, 3.63) is 52.2 Å². The smallest absolute Gasteiger partial charge is 0.134 e. The van der Waals surface area contributed by atoms with Gasteiger partial charge in [-0.1, -0.05) is 33.8 Å². The number of benzene rings is 1. The highest BCUT2D eigenvalue weighted by atomic mass is 32.1. The molecule has 0 aliphatic carbocycles. The van der Waals surface area contributed by atoms with Crippen molar-refractivity contribution in [2.75, 3.05) is 12.4 Å². The van der Waals surface area contributed by atoms with Crippen molar-refractivity contribution in [2.24, 2.45) is 0 Å². The van der Waals surface area contributed by atoms with Crippen LogP contribution < -0.4 is 5.32 Å². The van der Waals surface area contributed by atoms with Gasteiger partial charge in [0.2, 0.25) is 0 Å². The number of nitrogens with one attached hydrogen (secondary N) is 2. The molecule has 0 radical (unpaired) electrons. The lowest BCUT2D eigenvalue weighted by Crippen LogP contribution is -2.01. The van der Waals surface area contributed by atoms with Crippen molar-refractivity contribution in [3.8, 4) is 0 Å². The van der Waals surface area contributed by atoms with E-state index >= 15 is 0 Å². The van der Waals surface area contributed by atoms with E-state index in [1.54, 1.807) is 11.3 Å². The third kappa shape index (κ3) is 4.88. The van der Waals surface area contributed by atoms with E-state index < -0.39 is 0 Å². The average molecular weight is 369 g/mol. The summed E-state index contributed by atoms with van der Waals surface area (Å²) < 4.78 is 1.31. The Morgan fingerprint density at radius 1 is 1.04 bits per heavy atom. The number of anilines is 1. The summed E-state index contributed by atoms with van der Waals surface area (Å²) in [5, 5.41) is 11.3. The molecular weight excluding hydrogens is 340 g/mol. The second kappa shape index (κ2) is 8.90. The lowest BCUT2D eigenvalue weighted by atomic mass is 10.0. The molecule has 5 heteroatoms. The van der Waals surface area contributed by atoms with Gasteiger partial charge in [0.25, 0.3) is 0 Å². The molecule has 0 aliphatic rings. The third-order valence-corrected chi connectivity index (χ3v) is 5.05. The van der Waals surface area contributed by atoms with Gasteiger partial charge in [-0.3, -0.25) is 0 Å². The van der Waals surface area contributed by atoms with Crippen LogP contribution in [0.1, 0.15) is 61.4 Å². The Morgan fingerprint density at radius 2 is 1.77 bits per heavy atom. The molecule has 2 heterocycles. The fourth-order valence-corrected chi connectivity index (χ4v) is 3.41. The van der Waals surface area contributed by atoms with Crippen molar-refractivity contribution in [1.29, 1.82) is 5.41 Å². The largest absolute Gasteiger partial charge is 0.373 e. The van der Waals surface area contributed by atoms with E-state index in [0.29, 0.717) is 11.8 Å². The number of pyridine rings is 1. The van der Waals surface area contributed by atoms with Crippen LogP contribution in [-0.4, -0.2) is 23.2 Å². The molecule has 0 bridgehead atoms. The molecule has 0 fully saturated rings. The van der Waals surface area contributed by atoms with Crippen molar-refractivity contribution in [1.82, 2.24) is 9.97 Å². The third-order valence-electron chi connectivity index (χ3n) is 4.12. The SMILES string of the molecule is CNc1nc(C(C)C)ccc1C=N.Cc1nc2ccc(C(C)C)cc2s1. The Bertz CT molecular complexity index is 881. The first-order valence-electron chi connectivity index (χ1n) is 8.92. The van der Waals surface area contributed by atoms with Gasteiger partial charge in [0.05, 0.1) is 15.2 Å². The quantitative estimate of drug-likeness (QED) is 0.557. The van der Waals surface area contributed by atoms with E-state index in [-0.39, 0.29) is 0 Å². The molecule has 0 atom stereocenters. The normalized spacial score (nSPS) is 10.8. The minimum absolute atomic E-state index is 0.423. The summed E-state index contributed by atoms with van der Waals surface area (Å²) in [5.74, 6) is 1.81. The first kappa shape index (κ1) is 20.0. The number of aryl methyl sites for hydroxylation is 1. The molecule has 26 heavy (non-hydrogen) atoms. The van der Waals surface area contributed by atoms with Crippen LogP contribution in [0.25, 0.3) is 10.2 Å². The van der Waals surface area contributed by atoms with E-state index in [0.717, 1.165) is 27.6 Å². The number of aromatic nitrogens is 2. The molecule has 0 amide bonds. The molecular formula is C21H28N4S. The van der Waals surface area contributed by atoms with E-state index in [2.05, 4.69) is 68.1 Å². The second-order valence-corrected chi connectivity index (χ2v) is 8.07. The molecule has 1 aromatic carbocycles. The predicted molar refractivity (Wildman–Crippen MR) is 114 cm³/mol. The molecule has 138 valence electrons. The monoisotopic (exact) mass is 368 g/mol. The highest BCUT2D eigenvalue weighted by molar-refractivity contribution is 7.18. The molecule has 0 spiro atoms. The summed E-state index contributed by atoms with van der Waals surface area (Å²) in [6.45, 7) is 10.7. The molecule has 2 N–H and O–H groups in total. The van der Waals surface area contributed by atoms with E-state index in [1.807, 2.05) is 19.2 Å². The molecule has 3 rings (SSSR count). The summed E-state index contributed by atoms with van der Waals surface area (Å²) in [6.07, 6.45) is 1.31. The standard InChI is InChI=1S/C11H13NS.C10H15N3/c1-7(2)9-4-5-10-11(6-9)13-8(3)12-10;1-7(2)9-5-4-8(6-11)10(12-3)13-9/h4-7H,1-3H3;4-7,11H,1-3H3,(H,12,13). The first-order valence-corrected chi connectivity index (χ1v) is 9.73. The maximum Gasteiger partial charge on any atom is 0.134 e. The van der Waals surface area contributed by atoms with Crippen molar-refractivity contribution < 1.29 is 0 Å². The Labute approximate surface area is 160 Å². The van der Waals surface area contributed by atoms with Gasteiger partial charge < -0.3 is 10.7 Å². The fraction of sp³-hybridized carbons (Fsp3) is 0.381. The zero-order valence-corrected chi connectivity index (χ0v) is 17.2. The summed E-state index contributed by atoms with van der Waals surface area (Å²) >= 11 is 1.77. The molecule has 4 nitrogen and oxygen atoms in total. The van der Waals surface area contributed by atoms with E-state index in [9.17, 15) is 0 Å². The molecule has 3 aromatic rings. The zero-order chi connectivity index (χ0) is 19.3. The molecule has 0 aliphatic heterocycles. The van der Waals surface area contributed by atoms with Crippen LogP contribution >= 0.6 is 11.3 Å². The van der Waals surface area contributed by atoms with Crippen LogP contribution in [0, 0.1) is 12.3 Å². The van der Waals surface area contributed by atoms with E-state index in [1.165, 1.54) is 16.5 Å². The maximum absolute atomic E-state index is 7.16. The highest BCUT2D eigenvalue weighted by Crippen LogP contribution is 2.25. The van der Waals surface area contributed by atoms with Crippen LogP contribution in [0.4, 0.5) is 5.82 Å².